The molecule has 8 nitrogen and oxygen atoms in total. The monoisotopic (exact) mass is 517 g/mol. The Bertz CT molecular complexity index is 1270. The number of ether oxygens (including phenoxy) is 1. The predicted molar refractivity (Wildman–Crippen MR) is 152 cm³/mol. The van der Waals surface area contributed by atoms with E-state index < -0.39 is 11.7 Å². The Kier molecular flexibility index (Phi) is 7.61. The lowest BCUT2D eigenvalue weighted by Gasteiger charge is -2.42. The van der Waals surface area contributed by atoms with Crippen LogP contribution in [0.4, 0.5) is 16.2 Å². The molecule has 202 valence electrons. The second kappa shape index (κ2) is 11.1. The van der Waals surface area contributed by atoms with Gasteiger partial charge in [0.15, 0.2) is 0 Å². The van der Waals surface area contributed by atoms with Gasteiger partial charge in [-0.15, -0.1) is 0 Å². The minimum Gasteiger partial charge on any atom is -0.444 e. The Morgan fingerprint density at radius 3 is 2.55 bits per heavy atom. The van der Waals surface area contributed by atoms with Gasteiger partial charge >= 0.3 is 6.09 Å². The molecular weight excluding hydrogens is 478 g/mol. The van der Waals surface area contributed by atoms with Gasteiger partial charge in [-0.1, -0.05) is 24.3 Å². The number of aromatic amines is 1. The average Bonchev–Trinajstić information content (AvgIpc) is 3.37. The van der Waals surface area contributed by atoms with Gasteiger partial charge in [0.2, 0.25) is 5.91 Å². The van der Waals surface area contributed by atoms with Crippen LogP contribution in [0.25, 0.3) is 10.9 Å². The number of hydrogen-bond donors (Lipinski definition) is 2. The summed E-state index contributed by atoms with van der Waals surface area (Å²) in [6, 6.07) is 16.9. The molecule has 1 unspecified atom stereocenters. The van der Waals surface area contributed by atoms with Gasteiger partial charge in [-0.25, -0.2) is 4.79 Å². The minimum absolute atomic E-state index is 0.0379. The van der Waals surface area contributed by atoms with Crippen molar-refractivity contribution in [2.75, 3.05) is 49.1 Å². The zero-order valence-corrected chi connectivity index (χ0v) is 22.7. The van der Waals surface area contributed by atoms with Gasteiger partial charge in [0, 0.05) is 80.2 Å². The second-order valence-electron chi connectivity index (χ2n) is 11.3. The number of fused-ring (bicyclic) bond motifs is 2. The number of carbonyl (C=O) groups excluding carboxylic acids is 2. The number of H-pyrrole nitrogens is 1. The van der Waals surface area contributed by atoms with Gasteiger partial charge in [0.05, 0.1) is 0 Å². The normalized spacial score (nSPS) is 18.3. The summed E-state index contributed by atoms with van der Waals surface area (Å²) in [5.74, 6) is 0.0379. The van der Waals surface area contributed by atoms with Crippen molar-refractivity contribution in [3.8, 4) is 0 Å². The van der Waals surface area contributed by atoms with E-state index in [1.54, 1.807) is 0 Å². The molecule has 0 aliphatic carbocycles. The van der Waals surface area contributed by atoms with Crippen LogP contribution >= 0.6 is 0 Å². The van der Waals surface area contributed by atoms with Crippen LogP contribution < -0.4 is 15.1 Å². The first-order valence-corrected chi connectivity index (χ1v) is 13.7. The van der Waals surface area contributed by atoms with Crippen molar-refractivity contribution >= 4 is 34.3 Å². The molecule has 2 aliphatic rings. The van der Waals surface area contributed by atoms with E-state index >= 15 is 0 Å². The smallest absolute Gasteiger partial charge is 0.407 e. The zero-order valence-electron chi connectivity index (χ0n) is 22.7. The number of anilines is 2. The Hall–Kier alpha value is -3.52. The first-order chi connectivity index (χ1) is 18.3. The van der Waals surface area contributed by atoms with Gasteiger partial charge in [-0.2, -0.15) is 0 Å². The third-order valence-corrected chi connectivity index (χ3v) is 7.39. The van der Waals surface area contributed by atoms with Crippen molar-refractivity contribution < 1.29 is 14.3 Å². The molecule has 0 saturated carbocycles. The molecule has 5 rings (SSSR count). The Morgan fingerprint density at radius 2 is 1.76 bits per heavy atom. The minimum atomic E-state index is -0.566. The highest BCUT2D eigenvalue weighted by molar-refractivity contribution is 5.95. The SMILES string of the molecule is CC(C)(C)OC(=O)NCCC(=O)N1c2ccccc2CCC1CN1CCN(c2cccc3[nH]ccc23)CC1. The Balaban J connectivity index is 1.22. The van der Waals surface area contributed by atoms with E-state index in [0.717, 1.165) is 51.3 Å². The van der Waals surface area contributed by atoms with Crippen LogP contribution in [0, 0.1) is 0 Å². The Morgan fingerprint density at radius 1 is 1.00 bits per heavy atom. The van der Waals surface area contributed by atoms with E-state index in [2.05, 4.69) is 56.5 Å². The number of nitrogens with one attached hydrogen (secondary N) is 2. The number of nitrogens with zero attached hydrogens (tertiary/aromatic N) is 3. The summed E-state index contributed by atoms with van der Waals surface area (Å²) in [5.41, 5.74) is 4.10. The maximum absolute atomic E-state index is 13.5. The van der Waals surface area contributed by atoms with Crippen molar-refractivity contribution in [1.82, 2.24) is 15.2 Å². The lowest BCUT2D eigenvalue weighted by Crippen LogP contribution is -2.54. The predicted octanol–water partition coefficient (Wildman–Crippen LogP) is 4.55. The summed E-state index contributed by atoms with van der Waals surface area (Å²) in [6.07, 6.45) is 3.65. The fourth-order valence-corrected chi connectivity index (χ4v) is 5.64. The molecule has 2 N–H and O–H groups in total. The third kappa shape index (κ3) is 5.96. The van der Waals surface area contributed by atoms with Crippen LogP contribution in [-0.4, -0.2) is 72.8 Å². The molecule has 0 spiro atoms. The molecular formula is C30H39N5O3. The lowest BCUT2D eigenvalue weighted by atomic mass is 9.94. The quantitative estimate of drug-likeness (QED) is 0.501. The molecule has 2 aromatic carbocycles. The number of hydrogen-bond acceptors (Lipinski definition) is 5. The lowest BCUT2D eigenvalue weighted by molar-refractivity contribution is -0.119. The molecule has 1 aromatic heterocycles. The molecule has 1 atom stereocenters. The number of piperazine rings is 1. The van der Waals surface area contributed by atoms with Gasteiger partial charge < -0.3 is 24.8 Å². The van der Waals surface area contributed by atoms with Crippen molar-refractivity contribution in [3.63, 3.8) is 0 Å². The van der Waals surface area contributed by atoms with Gasteiger partial charge in [0.25, 0.3) is 0 Å². The van der Waals surface area contributed by atoms with Crippen LogP contribution in [0.1, 0.15) is 39.2 Å². The van der Waals surface area contributed by atoms with Crippen LogP contribution in [0.15, 0.2) is 54.7 Å². The summed E-state index contributed by atoms with van der Waals surface area (Å²) in [4.78, 5) is 35.8. The number of rotatable bonds is 6. The molecule has 3 aromatic rings. The van der Waals surface area contributed by atoms with E-state index in [1.165, 1.54) is 22.2 Å². The Labute approximate surface area is 224 Å². The fourth-order valence-electron chi connectivity index (χ4n) is 5.64. The number of aromatic nitrogens is 1. The first kappa shape index (κ1) is 26.1. The maximum Gasteiger partial charge on any atom is 0.407 e. The van der Waals surface area contributed by atoms with Crippen molar-refractivity contribution in [2.24, 2.45) is 0 Å². The molecule has 3 heterocycles. The van der Waals surface area contributed by atoms with Gasteiger partial charge in [0.1, 0.15) is 5.60 Å². The van der Waals surface area contributed by atoms with E-state index in [9.17, 15) is 9.59 Å². The standard InChI is InChI=1S/C30H39N5O3/c1-30(2,3)38-29(37)32-16-14-28(36)35-23(12-11-22-7-4-5-9-26(22)35)21-33-17-19-34(20-18-33)27-10-6-8-25-24(27)13-15-31-25/h4-10,13,15,23,31H,11-12,14,16-21H2,1-3H3,(H,32,37). The average molecular weight is 518 g/mol. The topological polar surface area (TPSA) is 80.9 Å². The summed E-state index contributed by atoms with van der Waals surface area (Å²) in [5, 5.41) is 4.00. The molecule has 1 fully saturated rings. The maximum atomic E-state index is 13.5. The molecule has 8 heteroatoms. The molecule has 1 saturated heterocycles. The highest BCUT2D eigenvalue weighted by Crippen LogP contribution is 2.32. The van der Waals surface area contributed by atoms with Crippen molar-refractivity contribution in [2.45, 2.75) is 51.7 Å². The molecule has 38 heavy (non-hydrogen) atoms. The molecule has 0 bridgehead atoms. The first-order valence-electron chi connectivity index (χ1n) is 13.7. The summed E-state index contributed by atoms with van der Waals surface area (Å²) in [7, 11) is 0. The van der Waals surface area contributed by atoms with E-state index in [0.29, 0.717) is 0 Å². The van der Waals surface area contributed by atoms with E-state index in [-0.39, 0.29) is 24.9 Å². The number of alkyl carbamates (subject to hydrolysis) is 1. The highest BCUT2D eigenvalue weighted by Gasteiger charge is 2.33. The number of benzene rings is 2. The summed E-state index contributed by atoms with van der Waals surface area (Å²) in [6.45, 7) is 10.4. The van der Waals surface area contributed by atoms with Crippen LogP contribution in [0.3, 0.4) is 0 Å². The fraction of sp³-hybridized carbons (Fsp3) is 0.467. The number of carbonyl (C=O) groups is 2. The van der Waals surface area contributed by atoms with Crippen LogP contribution in [-0.2, 0) is 16.0 Å². The van der Waals surface area contributed by atoms with Crippen molar-refractivity contribution in [1.29, 1.82) is 0 Å². The molecule has 2 amide bonds. The van der Waals surface area contributed by atoms with Gasteiger partial charge in [-0.05, 0) is 63.4 Å². The second-order valence-corrected chi connectivity index (χ2v) is 11.3. The summed E-state index contributed by atoms with van der Waals surface area (Å²) >= 11 is 0. The molecule has 0 radical (unpaired) electrons. The summed E-state index contributed by atoms with van der Waals surface area (Å²) < 4.78 is 5.32. The number of para-hydroxylation sites is 1. The number of aryl methyl sites for hydroxylation is 1. The van der Waals surface area contributed by atoms with Crippen LogP contribution in [0.5, 0.6) is 0 Å². The van der Waals surface area contributed by atoms with Crippen LogP contribution in [0.2, 0.25) is 0 Å². The van der Waals surface area contributed by atoms with Crippen molar-refractivity contribution in [3.05, 3.63) is 60.3 Å². The van der Waals surface area contributed by atoms with E-state index in [4.69, 9.17) is 4.74 Å². The number of amides is 2. The highest BCUT2D eigenvalue weighted by atomic mass is 16.6. The van der Waals surface area contributed by atoms with E-state index in [1.807, 2.05) is 44.0 Å². The van der Waals surface area contributed by atoms with Gasteiger partial charge in [-0.3, -0.25) is 9.69 Å². The third-order valence-electron chi connectivity index (χ3n) is 7.39. The molecule has 2 aliphatic heterocycles. The largest absolute Gasteiger partial charge is 0.444 e. The zero-order chi connectivity index (χ0) is 26.7.